The number of hydrogen-bond donors (Lipinski definition) is 1. The molecule has 0 unspecified atom stereocenters. The Bertz CT molecular complexity index is 486. The van der Waals surface area contributed by atoms with Crippen molar-refractivity contribution in [3.05, 3.63) is 29.3 Å². The fourth-order valence-corrected chi connectivity index (χ4v) is 1.75. The largest absolute Gasteiger partial charge is 0.461 e. The Labute approximate surface area is 112 Å². The molecule has 1 aromatic rings. The molecule has 6 nitrogen and oxygen atoms in total. The van der Waals surface area contributed by atoms with E-state index in [1.165, 1.54) is 11.9 Å². The van der Waals surface area contributed by atoms with Crippen LogP contribution in [0.1, 0.15) is 18.1 Å². The van der Waals surface area contributed by atoms with Crippen LogP contribution in [0.2, 0.25) is 0 Å². The number of nitrogens with zero attached hydrogens (tertiary/aromatic N) is 2. The minimum atomic E-state index is -0.599. The second-order valence-corrected chi connectivity index (χ2v) is 4.41. The van der Waals surface area contributed by atoms with Crippen LogP contribution in [0.4, 0.5) is 10.5 Å². The van der Waals surface area contributed by atoms with Crippen molar-refractivity contribution < 1.29 is 14.3 Å². The lowest BCUT2D eigenvalue weighted by Crippen LogP contribution is -2.45. The number of carbonyl (C=O) groups excluding carboxylic acids is 2. The van der Waals surface area contributed by atoms with Crippen LogP contribution in [-0.2, 0) is 16.1 Å². The smallest absolute Gasteiger partial charge is 0.334 e. The maximum absolute atomic E-state index is 11.5. The summed E-state index contributed by atoms with van der Waals surface area (Å²) in [6.07, 6.45) is 0. The molecule has 0 heterocycles. The van der Waals surface area contributed by atoms with Crippen molar-refractivity contribution >= 4 is 17.7 Å². The first-order chi connectivity index (χ1) is 8.82. The number of aryl methyl sites for hydroxylation is 1. The van der Waals surface area contributed by atoms with Crippen LogP contribution in [0.15, 0.2) is 18.2 Å². The van der Waals surface area contributed by atoms with E-state index in [1.807, 2.05) is 19.1 Å². The second-order valence-electron chi connectivity index (χ2n) is 4.41. The van der Waals surface area contributed by atoms with Crippen LogP contribution in [0.3, 0.4) is 0 Å². The van der Waals surface area contributed by atoms with Gasteiger partial charge in [0.15, 0.2) is 0 Å². The molecule has 0 bridgehead atoms. The predicted molar refractivity (Wildman–Crippen MR) is 72.4 cm³/mol. The molecular formula is C13H19N3O3. The summed E-state index contributed by atoms with van der Waals surface area (Å²) in [5.41, 5.74) is 7.70. The van der Waals surface area contributed by atoms with Gasteiger partial charge in [-0.3, -0.25) is 4.79 Å². The summed E-state index contributed by atoms with van der Waals surface area (Å²) < 4.78 is 5.00. The topological polar surface area (TPSA) is 75.9 Å². The number of urea groups is 1. The van der Waals surface area contributed by atoms with Crippen LogP contribution < -0.4 is 10.7 Å². The number of benzene rings is 1. The number of hydrazine groups is 1. The highest BCUT2D eigenvalue weighted by Crippen LogP contribution is 2.23. The van der Waals surface area contributed by atoms with Crippen LogP contribution in [0.5, 0.6) is 0 Å². The summed E-state index contributed by atoms with van der Waals surface area (Å²) in [6.45, 7) is 3.36. The zero-order valence-corrected chi connectivity index (χ0v) is 11.6. The van der Waals surface area contributed by atoms with E-state index in [0.717, 1.165) is 11.1 Å². The van der Waals surface area contributed by atoms with Crippen molar-refractivity contribution in [2.45, 2.75) is 20.5 Å². The summed E-state index contributed by atoms with van der Waals surface area (Å²) in [5.74, 6) is -0.372. The highest BCUT2D eigenvalue weighted by Gasteiger charge is 2.19. The Morgan fingerprint density at radius 3 is 2.42 bits per heavy atom. The van der Waals surface area contributed by atoms with Crippen molar-refractivity contribution in [1.29, 1.82) is 0 Å². The number of carbonyl (C=O) groups is 2. The van der Waals surface area contributed by atoms with Gasteiger partial charge in [0.25, 0.3) is 0 Å². The molecule has 104 valence electrons. The molecule has 0 fully saturated rings. The minimum absolute atomic E-state index is 0.101. The SMILES string of the molecule is CC(=O)OCc1cc(C)ccc1N(C(N)=O)N(C)C. The number of ether oxygens (including phenoxy) is 1. The Morgan fingerprint density at radius 1 is 1.32 bits per heavy atom. The molecule has 0 saturated heterocycles. The van der Waals surface area contributed by atoms with Gasteiger partial charge >= 0.3 is 12.0 Å². The summed E-state index contributed by atoms with van der Waals surface area (Å²) in [6, 6.07) is 4.90. The number of nitrogens with two attached hydrogens (primary N) is 1. The van der Waals surface area contributed by atoms with Gasteiger partial charge in [0.2, 0.25) is 0 Å². The van der Waals surface area contributed by atoms with E-state index in [2.05, 4.69) is 0 Å². The third-order valence-electron chi connectivity index (χ3n) is 2.50. The molecule has 6 heteroatoms. The quantitative estimate of drug-likeness (QED) is 0.660. The first-order valence-electron chi connectivity index (χ1n) is 5.82. The summed E-state index contributed by atoms with van der Waals surface area (Å²) in [4.78, 5) is 22.4. The Hall–Kier alpha value is -2.08. The van der Waals surface area contributed by atoms with Gasteiger partial charge in [-0.05, 0) is 13.0 Å². The zero-order valence-electron chi connectivity index (χ0n) is 11.6. The van der Waals surface area contributed by atoms with Crippen molar-refractivity contribution in [3.8, 4) is 0 Å². The molecule has 2 amide bonds. The third-order valence-corrected chi connectivity index (χ3v) is 2.50. The van der Waals surface area contributed by atoms with E-state index >= 15 is 0 Å². The normalized spacial score (nSPS) is 10.4. The van der Waals surface area contributed by atoms with E-state index in [9.17, 15) is 9.59 Å². The average molecular weight is 265 g/mol. The summed E-state index contributed by atoms with van der Waals surface area (Å²) >= 11 is 0. The van der Waals surface area contributed by atoms with Gasteiger partial charge in [-0.2, -0.15) is 0 Å². The van der Waals surface area contributed by atoms with Crippen LogP contribution in [-0.4, -0.2) is 31.1 Å². The van der Waals surface area contributed by atoms with Crippen molar-refractivity contribution in [1.82, 2.24) is 5.01 Å². The Morgan fingerprint density at radius 2 is 1.95 bits per heavy atom. The van der Waals surface area contributed by atoms with Crippen molar-refractivity contribution in [3.63, 3.8) is 0 Å². The van der Waals surface area contributed by atoms with Gasteiger partial charge in [0.05, 0.1) is 5.69 Å². The molecule has 0 aliphatic rings. The average Bonchev–Trinajstić information content (AvgIpc) is 2.28. The van der Waals surface area contributed by atoms with Crippen LogP contribution in [0.25, 0.3) is 0 Å². The molecule has 0 saturated carbocycles. The van der Waals surface area contributed by atoms with Gasteiger partial charge in [0, 0.05) is 26.6 Å². The number of esters is 1. The lowest BCUT2D eigenvalue weighted by atomic mass is 10.1. The fourth-order valence-electron chi connectivity index (χ4n) is 1.75. The lowest BCUT2D eigenvalue weighted by Gasteiger charge is -2.29. The van der Waals surface area contributed by atoms with Gasteiger partial charge in [-0.25, -0.2) is 14.8 Å². The van der Waals surface area contributed by atoms with Gasteiger partial charge in [0.1, 0.15) is 6.61 Å². The maximum atomic E-state index is 11.5. The number of primary amides is 1. The molecule has 2 N–H and O–H groups in total. The number of anilines is 1. The van der Waals surface area contributed by atoms with E-state index in [1.54, 1.807) is 25.2 Å². The molecule has 1 aromatic carbocycles. The van der Waals surface area contributed by atoms with Crippen LogP contribution >= 0.6 is 0 Å². The first-order valence-corrected chi connectivity index (χ1v) is 5.82. The summed E-state index contributed by atoms with van der Waals surface area (Å²) in [7, 11) is 3.42. The first kappa shape index (κ1) is 15.0. The fraction of sp³-hybridized carbons (Fsp3) is 0.385. The summed E-state index contributed by atoms with van der Waals surface area (Å²) in [5, 5.41) is 2.89. The second kappa shape index (κ2) is 6.19. The molecule has 0 aromatic heterocycles. The van der Waals surface area contributed by atoms with Gasteiger partial charge in [-0.15, -0.1) is 0 Å². The maximum Gasteiger partial charge on any atom is 0.334 e. The molecule has 0 aliphatic carbocycles. The highest BCUT2D eigenvalue weighted by atomic mass is 16.5. The van der Waals surface area contributed by atoms with Crippen molar-refractivity contribution in [2.24, 2.45) is 5.73 Å². The van der Waals surface area contributed by atoms with Gasteiger partial charge < -0.3 is 10.5 Å². The number of amides is 2. The minimum Gasteiger partial charge on any atom is -0.461 e. The van der Waals surface area contributed by atoms with E-state index in [0.29, 0.717) is 5.69 Å². The number of hydrogen-bond acceptors (Lipinski definition) is 4. The predicted octanol–water partition coefficient (Wildman–Crippen LogP) is 1.42. The molecule has 0 spiro atoms. The molecule has 0 atom stereocenters. The molecule has 0 aliphatic heterocycles. The molecule has 1 rings (SSSR count). The number of rotatable bonds is 4. The molecule has 0 radical (unpaired) electrons. The Kier molecular flexibility index (Phi) is 4.88. The molecular weight excluding hydrogens is 246 g/mol. The van der Waals surface area contributed by atoms with Crippen LogP contribution in [0, 0.1) is 6.92 Å². The van der Waals surface area contributed by atoms with E-state index in [4.69, 9.17) is 10.5 Å². The van der Waals surface area contributed by atoms with Gasteiger partial charge in [-0.1, -0.05) is 17.7 Å². The van der Waals surface area contributed by atoms with Crippen molar-refractivity contribution in [2.75, 3.05) is 19.1 Å². The molecule has 19 heavy (non-hydrogen) atoms. The zero-order chi connectivity index (χ0) is 14.6. The van der Waals surface area contributed by atoms with E-state index < -0.39 is 6.03 Å². The lowest BCUT2D eigenvalue weighted by molar-refractivity contribution is -0.142. The standard InChI is InChI=1S/C13H19N3O3/c1-9-5-6-12(16(13(14)18)15(3)4)11(7-9)8-19-10(2)17/h5-7H,8H2,1-4H3,(H2,14,18). The third kappa shape index (κ3) is 3.96. The highest BCUT2D eigenvalue weighted by molar-refractivity contribution is 5.90. The Balaban J connectivity index is 3.17. The van der Waals surface area contributed by atoms with E-state index in [-0.39, 0.29) is 12.6 Å². The monoisotopic (exact) mass is 265 g/mol.